The summed E-state index contributed by atoms with van der Waals surface area (Å²) in [5.41, 5.74) is -0.223. The number of halogens is 1. The van der Waals surface area contributed by atoms with Gasteiger partial charge in [0.25, 0.3) is 5.56 Å². The lowest BCUT2D eigenvalue weighted by Crippen LogP contribution is -2.44. The van der Waals surface area contributed by atoms with Crippen LogP contribution in [0.1, 0.15) is 36.1 Å². The lowest BCUT2D eigenvalue weighted by atomic mass is 10.1. The van der Waals surface area contributed by atoms with Crippen molar-refractivity contribution in [1.29, 1.82) is 0 Å². The molecule has 40 heavy (non-hydrogen) atoms. The molecule has 3 atom stereocenters. The molecule has 0 saturated carbocycles. The number of amides is 1. The van der Waals surface area contributed by atoms with Gasteiger partial charge < -0.3 is 14.8 Å². The minimum absolute atomic E-state index is 0.0682. The number of hydrogen-bond acceptors (Lipinski definition) is 9. The zero-order chi connectivity index (χ0) is 28.0. The molecule has 1 saturated heterocycles. The molecule has 1 fully saturated rings. The second-order valence-corrected chi connectivity index (χ2v) is 10.6. The van der Waals surface area contributed by atoms with E-state index in [1.54, 1.807) is 6.92 Å². The van der Waals surface area contributed by atoms with Crippen LogP contribution in [-0.4, -0.2) is 62.6 Å². The second kappa shape index (κ2) is 10.4. The Morgan fingerprint density at radius 1 is 1.23 bits per heavy atom. The molecule has 1 unspecified atom stereocenters. The molecule has 1 N–H and O–H groups in total. The van der Waals surface area contributed by atoms with Gasteiger partial charge in [0.05, 0.1) is 37.5 Å². The summed E-state index contributed by atoms with van der Waals surface area (Å²) < 4.78 is 28.6. The molecule has 0 aliphatic carbocycles. The minimum Gasteiger partial charge on any atom is -0.496 e. The Hall–Kier alpha value is -4.17. The van der Waals surface area contributed by atoms with E-state index in [0.29, 0.717) is 52.7 Å². The third kappa shape index (κ3) is 4.62. The van der Waals surface area contributed by atoms with Crippen LogP contribution in [0.5, 0.6) is 5.75 Å². The number of fused-ring (bicyclic) bond motifs is 1. The number of benzene rings is 1. The van der Waals surface area contributed by atoms with E-state index >= 15 is 0 Å². The largest absolute Gasteiger partial charge is 0.496 e. The highest BCUT2D eigenvalue weighted by atomic mass is 32.1. The zero-order valence-corrected chi connectivity index (χ0v) is 22.6. The average molecular weight is 568 g/mol. The summed E-state index contributed by atoms with van der Waals surface area (Å²) in [5.74, 6) is -0.486. The van der Waals surface area contributed by atoms with Crippen LogP contribution in [0.25, 0.3) is 15.2 Å². The number of methoxy groups -OCH3 is 1. The minimum atomic E-state index is -0.948. The van der Waals surface area contributed by atoms with E-state index < -0.39 is 35.1 Å². The van der Waals surface area contributed by atoms with Crippen LogP contribution in [0.2, 0.25) is 0 Å². The van der Waals surface area contributed by atoms with Crippen LogP contribution >= 0.6 is 11.3 Å². The molecule has 2 aliphatic heterocycles. The van der Waals surface area contributed by atoms with Crippen LogP contribution in [0.15, 0.2) is 45.2 Å². The van der Waals surface area contributed by atoms with E-state index in [0.717, 1.165) is 4.57 Å². The fourth-order valence-electron chi connectivity index (χ4n) is 5.03. The van der Waals surface area contributed by atoms with Crippen molar-refractivity contribution in [1.82, 2.24) is 29.4 Å². The number of nitrogens with zero attached hydrogens (tertiary/aromatic N) is 6. The number of carbonyl (C=O) groups excluding carboxylic acids is 1. The van der Waals surface area contributed by atoms with Gasteiger partial charge in [-0.15, -0.1) is 4.80 Å². The quantitative estimate of drug-likeness (QED) is 0.309. The van der Waals surface area contributed by atoms with Crippen molar-refractivity contribution >= 4 is 33.7 Å². The van der Waals surface area contributed by atoms with E-state index in [-0.39, 0.29) is 18.0 Å². The number of nitrogens with one attached hydrogen (secondary N) is 1. The molecule has 12 nitrogen and oxygen atoms in total. The van der Waals surface area contributed by atoms with Crippen molar-refractivity contribution in [2.45, 2.75) is 44.5 Å². The number of rotatable bonds is 10. The van der Waals surface area contributed by atoms with Gasteiger partial charge in [-0.2, -0.15) is 10.2 Å². The first-order chi connectivity index (χ1) is 19.4. The summed E-state index contributed by atoms with van der Waals surface area (Å²) in [4.78, 5) is 46.4. The molecular formula is C26H26FN7O5S. The summed E-state index contributed by atoms with van der Waals surface area (Å²) in [6, 6.07) is 3.27. The van der Waals surface area contributed by atoms with Crippen LogP contribution in [0.3, 0.4) is 0 Å². The molecule has 4 aromatic rings. The van der Waals surface area contributed by atoms with Gasteiger partial charge in [0.2, 0.25) is 5.91 Å². The lowest BCUT2D eigenvalue weighted by Gasteiger charge is -2.23. The van der Waals surface area contributed by atoms with E-state index in [1.807, 2.05) is 6.21 Å². The van der Waals surface area contributed by atoms with E-state index in [1.165, 1.54) is 58.4 Å². The standard InChI is InChI=1S/C26H26FN7O5S/c1-14-21-23(36)33(18-5-7-28-22(18)35)26(37)32(25(21)40-24(14)34-30-8-9-31-34)13-20(39-10-6-16-12-29-16)17-11-15(27)3-4-19(17)38-2/h3-4,8-9,11-12,16,18,20H,5-7,10,13H2,1-2H3,(H,28,35)/t16?,18-,20-/m0/s1. The highest BCUT2D eigenvalue weighted by Gasteiger charge is 2.33. The van der Waals surface area contributed by atoms with Gasteiger partial charge in [0, 0.05) is 30.5 Å². The SMILES string of the molecule is COc1ccc(F)cc1[C@H](Cn1c(=O)n([C@H]2CCNC2=O)c(=O)c2c(C)c(-n3nccn3)sc21)OCCC1C=N1. The smallest absolute Gasteiger partial charge is 0.332 e. The summed E-state index contributed by atoms with van der Waals surface area (Å²) in [7, 11) is 1.47. The molecule has 3 aromatic heterocycles. The number of carbonyl (C=O) groups is 1. The molecule has 208 valence electrons. The van der Waals surface area contributed by atoms with Crippen molar-refractivity contribution in [2.75, 3.05) is 20.3 Å². The average Bonchev–Trinajstić information content (AvgIpc) is 3.27. The Labute approximate surface area is 230 Å². The third-order valence-electron chi connectivity index (χ3n) is 7.13. The van der Waals surface area contributed by atoms with Crippen molar-refractivity contribution in [3.8, 4) is 10.8 Å². The Morgan fingerprint density at radius 2 is 2.00 bits per heavy atom. The van der Waals surface area contributed by atoms with E-state index in [4.69, 9.17) is 9.47 Å². The Balaban J connectivity index is 1.54. The molecule has 2 aliphatic rings. The van der Waals surface area contributed by atoms with Gasteiger partial charge >= 0.3 is 5.69 Å². The van der Waals surface area contributed by atoms with Gasteiger partial charge in [0.1, 0.15) is 33.5 Å². The molecule has 0 spiro atoms. The molecule has 14 heteroatoms. The predicted octanol–water partition coefficient (Wildman–Crippen LogP) is 1.92. The van der Waals surface area contributed by atoms with E-state index in [2.05, 4.69) is 20.5 Å². The maximum Gasteiger partial charge on any atom is 0.332 e. The molecule has 0 bridgehead atoms. The lowest BCUT2D eigenvalue weighted by molar-refractivity contribution is -0.122. The third-order valence-corrected chi connectivity index (χ3v) is 8.41. The normalized spacial score (nSPS) is 18.8. The second-order valence-electron chi connectivity index (χ2n) is 9.59. The van der Waals surface area contributed by atoms with Crippen LogP contribution < -0.4 is 21.3 Å². The monoisotopic (exact) mass is 567 g/mol. The van der Waals surface area contributed by atoms with Crippen molar-refractivity contribution in [3.05, 3.63) is 68.4 Å². The first kappa shape index (κ1) is 26.1. The molecule has 5 heterocycles. The maximum atomic E-state index is 14.4. The van der Waals surface area contributed by atoms with E-state index in [9.17, 15) is 18.8 Å². The number of thiophene rings is 1. The van der Waals surface area contributed by atoms with Gasteiger partial charge in [-0.05, 0) is 38.0 Å². The number of ether oxygens (including phenoxy) is 2. The van der Waals surface area contributed by atoms with Gasteiger partial charge in [-0.3, -0.25) is 19.1 Å². The fourth-order valence-corrected chi connectivity index (χ4v) is 6.25. The maximum absolute atomic E-state index is 14.4. The zero-order valence-electron chi connectivity index (χ0n) is 21.7. The molecule has 1 amide bonds. The number of aliphatic imine (C=N–C) groups is 1. The summed E-state index contributed by atoms with van der Waals surface area (Å²) in [5, 5.41) is 11.9. The Kier molecular flexibility index (Phi) is 6.80. The molecular weight excluding hydrogens is 541 g/mol. The van der Waals surface area contributed by atoms with Crippen LogP contribution in [-0.2, 0) is 16.1 Å². The van der Waals surface area contributed by atoms with Gasteiger partial charge in [0.15, 0.2) is 0 Å². The van der Waals surface area contributed by atoms with Crippen molar-refractivity contribution in [2.24, 2.45) is 4.99 Å². The Morgan fingerprint density at radius 3 is 2.67 bits per heavy atom. The summed E-state index contributed by atoms with van der Waals surface area (Å²) in [6.07, 6.45) is 4.96. The molecule has 6 rings (SSSR count). The number of aromatic nitrogens is 5. The summed E-state index contributed by atoms with van der Waals surface area (Å²) >= 11 is 1.18. The molecule has 1 aromatic carbocycles. The highest BCUT2D eigenvalue weighted by Crippen LogP contribution is 2.34. The fraction of sp³-hybridized carbons (Fsp3) is 0.385. The predicted molar refractivity (Wildman–Crippen MR) is 145 cm³/mol. The summed E-state index contributed by atoms with van der Waals surface area (Å²) in [6.45, 7) is 2.34. The molecule has 0 radical (unpaired) electrons. The van der Waals surface area contributed by atoms with Crippen molar-refractivity contribution < 1.29 is 18.7 Å². The van der Waals surface area contributed by atoms with Crippen molar-refractivity contribution in [3.63, 3.8) is 0 Å². The van der Waals surface area contributed by atoms with Crippen LogP contribution in [0.4, 0.5) is 4.39 Å². The highest BCUT2D eigenvalue weighted by molar-refractivity contribution is 7.21. The number of aryl methyl sites for hydroxylation is 1. The Bertz CT molecular complexity index is 1740. The first-order valence-corrected chi connectivity index (χ1v) is 13.6. The first-order valence-electron chi connectivity index (χ1n) is 12.8. The number of hydrogen-bond donors (Lipinski definition) is 1. The topological polar surface area (TPSA) is 135 Å². The van der Waals surface area contributed by atoms with Crippen LogP contribution in [0, 0.1) is 12.7 Å². The van der Waals surface area contributed by atoms with Gasteiger partial charge in [-0.1, -0.05) is 11.3 Å². The van der Waals surface area contributed by atoms with Gasteiger partial charge in [-0.25, -0.2) is 13.8 Å².